The summed E-state index contributed by atoms with van der Waals surface area (Å²) in [4.78, 5) is 13.9. The average Bonchev–Trinajstić information content (AvgIpc) is 2.69. The Kier molecular flexibility index (Phi) is 2.98. The number of amides is 1. The molecule has 1 heterocycles. The van der Waals surface area contributed by atoms with E-state index in [0.717, 1.165) is 6.42 Å². The molecule has 3 nitrogen and oxygen atoms in total. The molecule has 0 bridgehead atoms. The number of hydrogen-bond acceptors (Lipinski definition) is 2. The zero-order valence-electron chi connectivity index (χ0n) is 10.7. The fourth-order valence-corrected chi connectivity index (χ4v) is 3.25. The van der Waals surface area contributed by atoms with E-state index in [2.05, 4.69) is 19.1 Å². The van der Waals surface area contributed by atoms with Crippen molar-refractivity contribution in [2.24, 2.45) is 5.92 Å². The quantitative estimate of drug-likeness (QED) is 0.800. The molecule has 1 saturated carbocycles. The summed E-state index contributed by atoms with van der Waals surface area (Å²) in [6.07, 6.45) is 3.37. The van der Waals surface area contributed by atoms with Gasteiger partial charge in [0.05, 0.1) is 6.04 Å². The van der Waals surface area contributed by atoms with Gasteiger partial charge in [-0.1, -0.05) is 37.3 Å². The molecular formula is C15H19NO2. The number of nitrogens with zero attached hydrogens (tertiary/aromatic N) is 1. The molecule has 2 fully saturated rings. The van der Waals surface area contributed by atoms with Gasteiger partial charge in [-0.3, -0.25) is 4.90 Å². The lowest BCUT2D eigenvalue weighted by Gasteiger charge is -2.33. The molecule has 96 valence electrons. The lowest BCUT2D eigenvalue weighted by atomic mass is 9.83. The molecule has 18 heavy (non-hydrogen) atoms. The molecule has 1 aromatic rings. The van der Waals surface area contributed by atoms with Crippen LogP contribution >= 0.6 is 0 Å². The third-order valence-corrected chi connectivity index (χ3v) is 4.15. The van der Waals surface area contributed by atoms with Gasteiger partial charge in [-0.25, -0.2) is 4.79 Å². The normalized spacial score (nSPS) is 31.1. The number of carbonyl (C=O) groups is 1. The first kappa shape index (κ1) is 11.6. The minimum Gasteiger partial charge on any atom is -0.444 e. The van der Waals surface area contributed by atoms with Crippen molar-refractivity contribution in [2.75, 3.05) is 0 Å². The molecule has 1 aliphatic heterocycles. The van der Waals surface area contributed by atoms with Gasteiger partial charge in [0.1, 0.15) is 6.10 Å². The number of rotatable bonds is 2. The monoisotopic (exact) mass is 245 g/mol. The molecule has 0 radical (unpaired) electrons. The standard InChI is InChI=1S/C15H19NO2/c1-11-6-5-9-13-14(11)16(15(17)18-13)10-12-7-3-2-4-8-12/h2-4,7-8,11,13-14H,5-6,9-10H2,1H3. The molecule has 1 amide bonds. The summed E-state index contributed by atoms with van der Waals surface area (Å²) in [6.45, 7) is 2.90. The lowest BCUT2D eigenvalue weighted by Crippen LogP contribution is -2.43. The van der Waals surface area contributed by atoms with Gasteiger partial charge in [-0.2, -0.15) is 0 Å². The van der Waals surface area contributed by atoms with Crippen LogP contribution < -0.4 is 0 Å². The van der Waals surface area contributed by atoms with Gasteiger partial charge in [0, 0.05) is 6.54 Å². The first-order valence-electron chi connectivity index (χ1n) is 6.77. The molecule has 3 atom stereocenters. The summed E-state index contributed by atoms with van der Waals surface area (Å²) in [5, 5.41) is 0. The van der Waals surface area contributed by atoms with Crippen LogP contribution in [0.5, 0.6) is 0 Å². The second-order valence-electron chi connectivity index (χ2n) is 5.43. The largest absolute Gasteiger partial charge is 0.444 e. The number of ether oxygens (including phenoxy) is 1. The molecule has 1 saturated heterocycles. The maximum absolute atomic E-state index is 12.0. The van der Waals surface area contributed by atoms with Crippen molar-refractivity contribution in [1.29, 1.82) is 0 Å². The molecule has 0 spiro atoms. The fraction of sp³-hybridized carbons (Fsp3) is 0.533. The van der Waals surface area contributed by atoms with Gasteiger partial charge in [0.2, 0.25) is 0 Å². The summed E-state index contributed by atoms with van der Waals surface area (Å²) in [5.41, 5.74) is 1.17. The van der Waals surface area contributed by atoms with E-state index >= 15 is 0 Å². The van der Waals surface area contributed by atoms with Crippen LogP contribution in [-0.4, -0.2) is 23.1 Å². The predicted octanol–water partition coefficient (Wildman–Crippen LogP) is 3.20. The van der Waals surface area contributed by atoms with Crippen LogP contribution in [0.1, 0.15) is 31.7 Å². The Labute approximate surface area is 108 Å². The Morgan fingerprint density at radius 3 is 2.83 bits per heavy atom. The average molecular weight is 245 g/mol. The summed E-state index contributed by atoms with van der Waals surface area (Å²) in [6, 6.07) is 10.4. The Bertz CT molecular complexity index is 431. The van der Waals surface area contributed by atoms with Crippen molar-refractivity contribution in [1.82, 2.24) is 4.90 Å². The van der Waals surface area contributed by atoms with E-state index in [1.807, 2.05) is 23.1 Å². The van der Waals surface area contributed by atoms with Crippen LogP contribution in [0.2, 0.25) is 0 Å². The van der Waals surface area contributed by atoms with Crippen molar-refractivity contribution in [3.05, 3.63) is 35.9 Å². The highest BCUT2D eigenvalue weighted by atomic mass is 16.6. The number of carbonyl (C=O) groups excluding carboxylic acids is 1. The Hall–Kier alpha value is -1.51. The third kappa shape index (κ3) is 1.98. The van der Waals surface area contributed by atoms with Gasteiger partial charge in [-0.15, -0.1) is 0 Å². The van der Waals surface area contributed by atoms with Crippen LogP contribution in [0.3, 0.4) is 0 Å². The van der Waals surface area contributed by atoms with E-state index in [1.54, 1.807) is 0 Å². The summed E-state index contributed by atoms with van der Waals surface area (Å²) < 4.78 is 5.51. The van der Waals surface area contributed by atoms with Crippen molar-refractivity contribution >= 4 is 6.09 Å². The topological polar surface area (TPSA) is 29.5 Å². The van der Waals surface area contributed by atoms with E-state index in [0.29, 0.717) is 12.5 Å². The molecule has 0 aromatic heterocycles. The molecule has 2 aliphatic rings. The molecule has 3 rings (SSSR count). The smallest absolute Gasteiger partial charge is 0.410 e. The first-order valence-corrected chi connectivity index (χ1v) is 6.77. The second-order valence-corrected chi connectivity index (χ2v) is 5.43. The zero-order valence-corrected chi connectivity index (χ0v) is 10.7. The molecule has 0 N–H and O–H groups in total. The summed E-state index contributed by atoms with van der Waals surface area (Å²) >= 11 is 0. The van der Waals surface area contributed by atoms with E-state index in [-0.39, 0.29) is 18.2 Å². The maximum atomic E-state index is 12.0. The van der Waals surface area contributed by atoms with Crippen molar-refractivity contribution in [3.8, 4) is 0 Å². The van der Waals surface area contributed by atoms with E-state index < -0.39 is 0 Å². The third-order valence-electron chi connectivity index (χ3n) is 4.15. The van der Waals surface area contributed by atoms with Crippen molar-refractivity contribution in [2.45, 2.75) is 44.9 Å². The molecule has 3 unspecified atom stereocenters. The van der Waals surface area contributed by atoms with Crippen LogP contribution in [0.25, 0.3) is 0 Å². The van der Waals surface area contributed by atoms with Gasteiger partial charge < -0.3 is 4.74 Å². The van der Waals surface area contributed by atoms with E-state index in [9.17, 15) is 4.79 Å². The minimum absolute atomic E-state index is 0.116. The van der Waals surface area contributed by atoms with Crippen LogP contribution in [0, 0.1) is 5.92 Å². The van der Waals surface area contributed by atoms with Gasteiger partial charge in [0.15, 0.2) is 0 Å². The van der Waals surface area contributed by atoms with Gasteiger partial charge in [-0.05, 0) is 30.7 Å². The second kappa shape index (κ2) is 4.63. The SMILES string of the molecule is CC1CCCC2OC(=O)N(Cc3ccccc3)C12. The highest BCUT2D eigenvalue weighted by Crippen LogP contribution is 2.36. The minimum atomic E-state index is -0.136. The van der Waals surface area contributed by atoms with Crippen molar-refractivity contribution in [3.63, 3.8) is 0 Å². The Balaban J connectivity index is 1.80. The number of fused-ring (bicyclic) bond motifs is 1. The highest BCUT2D eigenvalue weighted by Gasteiger charge is 2.45. The maximum Gasteiger partial charge on any atom is 0.410 e. The Morgan fingerprint density at radius 1 is 1.28 bits per heavy atom. The molecular weight excluding hydrogens is 226 g/mol. The molecule has 3 heteroatoms. The van der Waals surface area contributed by atoms with Gasteiger partial charge in [0.25, 0.3) is 0 Å². The van der Waals surface area contributed by atoms with Gasteiger partial charge >= 0.3 is 6.09 Å². The Morgan fingerprint density at radius 2 is 2.06 bits per heavy atom. The molecule has 1 aliphatic carbocycles. The van der Waals surface area contributed by atoms with Crippen LogP contribution in [0.4, 0.5) is 4.79 Å². The summed E-state index contributed by atoms with van der Waals surface area (Å²) in [5.74, 6) is 0.541. The van der Waals surface area contributed by atoms with E-state index in [1.165, 1.54) is 18.4 Å². The van der Waals surface area contributed by atoms with Crippen molar-refractivity contribution < 1.29 is 9.53 Å². The van der Waals surface area contributed by atoms with Crippen LogP contribution in [-0.2, 0) is 11.3 Å². The molecule has 1 aromatic carbocycles. The zero-order chi connectivity index (χ0) is 12.5. The summed E-state index contributed by atoms with van der Waals surface area (Å²) in [7, 11) is 0. The number of hydrogen-bond donors (Lipinski definition) is 0. The first-order chi connectivity index (χ1) is 8.75. The predicted molar refractivity (Wildman–Crippen MR) is 69.1 cm³/mol. The lowest BCUT2D eigenvalue weighted by molar-refractivity contribution is 0.0937. The van der Waals surface area contributed by atoms with E-state index in [4.69, 9.17) is 4.74 Å². The fourth-order valence-electron chi connectivity index (χ4n) is 3.25. The number of benzene rings is 1. The van der Waals surface area contributed by atoms with Crippen LogP contribution in [0.15, 0.2) is 30.3 Å². The highest BCUT2D eigenvalue weighted by molar-refractivity contribution is 5.71.